The molecule has 0 aliphatic carbocycles. The predicted molar refractivity (Wildman–Crippen MR) is 66.9 cm³/mol. The maximum Gasteiger partial charge on any atom is 0.417 e. The van der Waals surface area contributed by atoms with Crippen LogP contribution in [-0.2, 0) is 16.0 Å². The molecule has 2 nitrogen and oxygen atoms in total. The maximum atomic E-state index is 12.9. The summed E-state index contributed by atoms with van der Waals surface area (Å²) in [7, 11) is -4.22. The standard InChI is InChI=1S/C14H10F3O2S/c1-10-6-8-11(9-7-10)20(18,19)13-5-3-2-4-12(13)14(15,16)17/h2,4-9H,1H3. The number of halogens is 3. The summed E-state index contributed by atoms with van der Waals surface area (Å²) in [5.74, 6) is 0. The SMILES string of the molecule is Cc1ccc(S(=O)(=O)c2c[c]ccc2C(F)(F)F)cc1. The van der Waals surface area contributed by atoms with E-state index < -0.39 is 26.5 Å². The fraction of sp³-hybridized carbons (Fsp3) is 0.143. The molecule has 1 radical (unpaired) electrons. The Hall–Kier alpha value is -1.82. The van der Waals surface area contributed by atoms with Gasteiger partial charge in [0.1, 0.15) is 0 Å². The van der Waals surface area contributed by atoms with Crippen LogP contribution in [0.2, 0.25) is 0 Å². The average Bonchev–Trinajstić information content (AvgIpc) is 2.38. The molecule has 2 aromatic rings. The van der Waals surface area contributed by atoms with Crippen molar-refractivity contribution in [3.05, 3.63) is 59.7 Å². The molecule has 0 aliphatic heterocycles. The van der Waals surface area contributed by atoms with Crippen molar-refractivity contribution < 1.29 is 21.6 Å². The Kier molecular flexibility index (Phi) is 3.60. The molecule has 105 valence electrons. The Labute approximate surface area is 114 Å². The second-order valence-electron chi connectivity index (χ2n) is 4.24. The van der Waals surface area contributed by atoms with E-state index in [1.54, 1.807) is 6.92 Å². The summed E-state index contributed by atoms with van der Waals surface area (Å²) >= 11 is 0. The molecule has 0 heterocycles. The molecule has 2 aromatic carbocycles. The number of alkyl halides is 3. The van der Waals surface area contributed by atoms with Crippen molar-refractivity contribution in [2.45, 2.75) is 22.9 Å². The van der Waals surface area contributed by atoms with Gasteiger partial charge < -0.3 is 0 Å². The van der Waals surface area contributed by atoms with Crippen LogP contribution in [0.3, 0.4) is 0 Å². The lowest BCUT2D eigenvalue weighted by atomic mass is 10.2. The van der Waals surface area contributed by atoms with Gasteiger partial charge in [0.05, 0.1) is 15.4 Å². The van der Waals surface area contributed by atoms with Crippen LogP contribution in [0.5, 0.6) is 0 Å². The van der Waals surface area contributed by atoms with Crippen molar-refractivity contribution >= 4 is 9.84 Å². The fourth-order valence-electron chi connectivity index (χ4n) is 1.72. The second-order valence-corrected chi connectivity index (χ2v) is 6.15. The highest BCUT2D eigenvalue weighted by molar-refractivity contribution is 7.91. The van der Waals surface area contributed by atoms with Crippen molar-refractivity contribution in [3.8, 4) is 0 Å². The monoisotopic (exact) mass is 299 g/mol. The van der Waals surface area contributed by atoms with Crippen LogP contribution in [0.1, 0.15) is 11.1 Å². The first-order valence-electron chi connectivity index (χ1n) is 5.62. The van der Waals surface area contributed by atoms with Gasteiger partial charge in [-0.2, -0.15) is 13.2 Å². The van der Waals surface area contributed by atoms with Gasteiger partial charge >= 0.3 is 6.18 Å². The summed E-state index contributed by atoms with van der Waals surface area (Å²) in [5.41, 5.74) is -0.364. The first-order valence-corrected chi connectivity index (χ1v) is 7.10. The molecule has 0 spiro atoms. The Morgan fingerprint density at radius 1 is 1.05 bits per heavy atom. The van der Waals surface area contributed by atoms with E-state index in [0.717, 1.165) is 17.7 Å². The number of hydrogen-bond donors (Lipinski definition) is 0. The van der Waals surface area contributed by atoms with E-state index >= 15 is 0 Å². The molecule has 2 rings (SSSR count). The molecule has 20 heavy (non-hydrogen) atoms. The predicted octanol–water partition coefficient (Wildman–Crippen LogP) is 3.65. The molecule has 0 fully saturated rings. The zero-order valence-electron chi connectivity index (χ0n) is 10.4. The minimum absolute atomic E-state index is 0.173. The molecule has 0 unspecified atom stereocenters. The first-order chi connectivity index (χ1) is 9.23. The lowest BCUT2D eigenvalue weighted by molar-refractivity contribution is -0.139. The molecule has 0 saturated carbocycles. The van der Waals surface area contributed by atoms with Gasteiger partial charge in [0, 0.05) is 0 Å². The van der Waals surface area contributed by atoms with E-state index in [-0.39, 0.29) is 4.90 Å². The minimum atomic E-state index is -4.73. The van der Waals surface area contributed by atoms with Crippen molar-refractivity contribution in [3.63, 3.8) is 0 Å². The van der Waals surface area contributed by atoms with Crippen LogP contribution < -0.4 is 0 Å². The number of rotatable bonds is 2. The van der Waals surface area contributed by atoms with Gasteiger partial charge in [-0.15, -0.1) is 0 Å². The Morgan fingerprint density at radius 3 is 2.20 bits per heavy atom. The number of aryl methyl sites for hydroxylation is 1. The van der Waals surface area contributed by atoms with E-state index in [1.807, 2.05) is 0 Å². The third-order valence-electron chi connectivity index (χ3n) is 2.75. The highest BCUT2D eigenvalue weighted by Crippen LogP contribution is 2.36. The van der Waals surface area contributed by atoms with Gasteiger partial charge in [-0.1, -0.05) is 23.8 Å². The summed E-state index contributed by atoms with van der Waals surface area (Å²) in [5, 5.41) is 0. The topological polar surface area (TPSA) is 34.1 Å². The van der Waals surface area contributed by atoms with Crippen LogP contribution in [-0.4, -0.2) is 8.42 Å². The molecule has 0 aromatic heterocycles. The third-order valence-corrected chi connectivity index (χ3v) is 4.56. The van der Waals surface area contributed by atoms with E-state index in [1.165, 1.54) is 24.3 Å². The zero-order valence-corrected chi connectivity index (χ0v) is 11.2. The van der Waals surface area contributed by atoms with Crippen LogP contribution in [0.15, 0.2) is 52.3 Å². The highest BCUT2D eigenvalue weighted by atomic mass is 32.2. The third kappa shape index (κ3) is 2.70. The Balaban J connectivity index is 2.64. The molecule has 0 N–H and O–H groups in total. The normalized spacial score (nSPS) is 12.4. The van der Waals surface area contributed by atoms with Crippen molar-refractivity contribution in [1.82, 2.24) is 0 Å². The summed E-state index contributed by atoms with van der Waals surface area (Å²) in [6, 6.07) is 10.6. The van der Waals surface area contributed by atoms with Crippen molar-refractivity contribution in [1.29, 1.82) is 0 Å². The minimum Gasteiger partial charge on any atom is -0.218 e. The van der Waals surface area contributed by atoms with Gasteiger partial charge in [-0.05, 0) is 37.3 Å². The molecule has 6 heteroatoms. The highest BCUT2D eigenvalue weighted by Gasteiger charge is 2.37. The summed E-state index contributed by atoms with van der Waals surface area (Å²) in [4.78, 5) is -0.954. The molecule has 0 bridgehead atoms. The van der Waals surface area contributed by atoms with Gasteiger partial charge in [0.15, 0.2) is 0 Å². The van der Waals surface area contributed by atoms with E-state index in [9.17, 15) is 21.6 Å². The second kappa shape index (κ2) is 4.94. The van der Waals surface area contributed by atoms with Crippen LogP contribution in [0, 0.1) is 13.0 Å². The first kappa shape index (κ1) is 14.6. The van der Waals surface area contributed by atoms with Gasteiger partial charge in [-0.25, -0.2) is 8.42 Å². The number of hydrogen-bond acceptors (Lipinski definition) is 2. The van der Waals surface area contributed by atoms with Crippen molar-refractivity contribution in [2.24, 2.45) is 0 Å². The molecular weight excluding hydrogens is 289 g/mol. The smallest absolute Gasteiger partial charge is 0.218 e. The summed E-state index contributed by atoms with van der Waals surface area (Å²) < 4.78 is 63.2. The lowest BCUT2D eigenvalue weighted by Crippen LogP contribution is -2.13. The van der Waals surface area contributed by atoms with Crippen LogP contribution in [0.4, 0.5) is 13.2 Å². The lowest BCUT2D eigenvalue weighted by Gasteiger charge is -2.13. The number of sulfone groups is 1. The summed E-state index contributed by atoms with van der Waals surface area (Å²) in [6.07, 6.45) is -4.73. The van der Waals surface area contributed by atoms with Gasteiger partial charge in [-0.3, -0.25) is 0 Å². The van der Waals surface area contributed by atoms with Crippen molar-refractivity contribution in [2.75, 3.05) is 0 Å². The molecule has 0 amide bonds. The fourth-order valence-corrected chi connectivity index (χ4v) is 3.16. The number of benzene rings is 2. The van der Waals surface area contributed by atoms with Gasteiger partial charge in [0.2, 0.25) is 9.84 Å². The molecular formula is C14H10F3O2S. The van der Waals surface area contributed by atoms with E-state index in [4.69, 9.17) is 0 Å². The van der Waals surface area contributed by atoms with Crippen LogP contribution in [0.25, 0.3) is 0 Å². The Morgan fingerprint density at radius 2 is 1.65 bits per heavy atom. The zero-order chi connectivity index (χ0) is 15.0. The molecule has 0 saturated heterocycles. The van der Waals surface area contributed by atoms with E-state index in [0.29, 0.717) is 6.07 Å². The Bertz CT molecular complexity index is 717. The summed E-state index contributed by atoms with van der Waals surface area (Å²) in [6.45, 7) is 1.76. The maximum absolute atomic E-state index is 12.9. The molecule has 0 aliphatic rings. The molecule has 0 atom stereocenters. The quantitative estimate of drug-likeness (QED) is 0.848. The van der Waals surface area contributed by atoms with Crippen LogP contribution >= 0.6 is 0 Å². The largest absolute Gasteiger partial charge is 0.417 e. The van der Waals surface area contributed by atoms with Gasteiger partial charge in [0.25, 0.3) is 0 Å². The van der Waals surface area contributed by atoms with E-state index in [2.05, 4.69) is 6.07 Å². The average molecular weight is 299 g/mol.